The van der Waals surface area contributed by atoms with Crippen LogP contribution in [0.15, 0.2) is 63.7 Å². The molecule has 2 aromatic rings. The van der Waals surface area contributed by atoms with Gasteiger partial charge < -0.3 is 24.1 Å². The maximum absolute atomic E-state index is 12.3. The third kappa shape index (κ3) is 3.99. The highest BCUT2D eigenvalue weighted by Crippen LogP contribution is 2.41. The van der Waals surface area contributed by atoms with Gasteiger partial charge in [0.05, 0.1) is 24.3 Å². The highest BCUT2D eigenvalue weighted by molar-refractivity contribution is 8.18. The summed E-state index contributed by atoms with van der Waals surface area (Å²) >= 11 is 1.19. The van der Waals surface area contributed by atoms with Gasteiger partial charge in [-0.25, -0.2) is 9.79 Å². The molecule has 0 spiro atoms. The number of rotatable bonds is 5. The van der Waals surface area contributed by atoms with Crippen LogP contribution in [0.3, 0.4) is 0 Å². The molecule has 7 nitrogen and oxygen atoms in total. The molecule has 2 aliphatic rings. The van der Waals surface area contributed by atoms with Crippen molar-refractivity contribution in [2.75, 3.05) is 20.5 Å². The number of thioether (sulfide) groups is 1. The summed E-state index contributed by atoms with van der Waals surface area (Å²) in [4.78, 5) is 17.3. The van der Waals surface area contributed by atoms with Gasteiger partial charge in [0.25, 0.3) is 0 Å². The lowest BCUT2D eigenvalue weighted by atomic mass is 10.1. The number of carbonyl (C=O) groups excluding carboxylic acids is 1. The SMILES string of the molecule is CCOc1ccc(N=C2S/C(=C/c3ccc4c(c3)OCO4)C(O)=C2C(=O)OC)cc1. The Morgan fingerprint density at radius 3 is 2.70 bits per heavy atom. The number of hydrogen-bond acceptors (Lipinski definition) is 8. The van der Waals surface area contributed by atoms with Crippen LogP contribution in [0.4, 0.5) is 5.69 Å². The number of carbonyl (C=O) groups is 1. The maximum atomic E-state index is 12.3. The Morgan fingerprint density at radius 2 is 1.97 bits per heavy atom. The first-order valence-corrected chi connectivity index (χ1v) is 10.0. The summed E-state index contributed by atoms with van der Waals surface area (Å²) in [7, 11) is 1.27. The number of esters is 1. The van der Waals surface area contributed by atoms with E-state index in [0.717, 1.165) is 11.3 Å². The van der Waals surface area contributed by atoms with E-state index in [1.165, 1.54) is 18.9 Å². The molecule has 0 atom stereocenters. The lowest BCUT2D eigenvalue weighted by Crippen LogP contribution is -2.10. The van der Waals surface area contributed by atoms with E-state index in [1.807, 2.05) is 19.1 Å². The molecule has 0 aromatic heterocycles. The molecule has 0 saturated carbocycles. The predicted molar refractivity (Wildman–Crippen MR) is 115 cm³/mol. The van der Waals surface area contributed by atoms with Gasteiger partial charge in [-0.05, 0) is 55.0 Å². The van der Waals surface area contributed by atoms with Gasteiger partial charge in [-0.3, -0.25) is 0 Å². The van der Waals surface area contributed by atoms with Crippen LogP contribution in [0.5, 0.6) is 17.2 Å². The Labute approximate surface area is 177 Å². The van der Waals surface area contributed by atoms with E-state index < -0.39 is 5.97 Å². The molecule has 0 amide bonds. The van der Waals surface area contributed by atoms with Gasteiger partial charge in [-0.15, -0.1) is 0 Å². The number of hydrogen-bond donors (Lipinski definition) is 1. The quantitative estimate of drug-likeness (QED) is 0.700. The molecule has 0 saturated heterocycles. The van der Waals surface area contributed by atoms with Crippen LogP contribution in [0.25, 0.3) is 6.08 Å². The van der Waals surface area contributed by atoms with E-state index in [2.05, 4.69) is 4.99 Å². The normalized spacial score (nSPS) is 17.7. The van der Waals surface area contributed by atoms with Crippen molar-refractivity contribution in [1.82, 2.24) is 0 Å². The molecule has 0 aliphatic carbocycles. The summed E-state index contributed by atoms with van der Waals surface area (Å²) in [5.41, 5.74) is 1.45. The van der Waals surface area contributed by atoms with E-state index in [1.54, 1.807) is 36.4 Å². The lowest BCUT2D eigenvalue weighted by Gasteiger charge is -2.04. The predicted octanol–water partition coefficient (Wildman–Crippen LogP) is 4.62. The standard InChI is InChI=1S/C22H19NO6S/c1-3-27-15-7-5-14(6-8-15)23-21-19(22(25)26-2)20(24)18(30-21)11-13-4-9-16-17(10-13)29-12-28-16/h4-11,24H,3,12H2,1-2H3/b18-11+,23-21?. The Balaban J connectivity index is 1.67. The van der Waals surface area contributed by atoms with Crippen LogP contribution >= 0.6 is 11.8 Å². The van der Waals surface area contributed by atoms with Crippen molar-refractivity contribution < 1.29 is 28.8 Å². The number of methoxy groups -OCH3 is 1. The van der Waals surface area contributed by atoms with Crippen LogP contribution in [-0.2, 0) is 9.53 Å². The summed E-state index contributed by atoms with van der Waals surface area (Å²) in [6, 6.07) is 12.6. The van der Waals surface area contributed by atoms with E-state index in [0.29, 0.717) is 33.7 Å². The number of ether oxygens (including phenoxy) is 4. The van der Waals surface area contributed by atoms with Crippen LogP contribution in [0.1, 0.15) is 12.5 Å². The topological polar surface area (TPSA) is 86.6 Å². The van der Waals surface area contributed by atoms with Gasteiger partial charge in [0, 0.05) is 0 Å². The molecule has 1 N–H and O–H groups in total. The fraction of sp³-hybridized carbons (Fsp3) is 0.182. The minimum Gasteiger partial charge on any atom is -0.506 e. The third-order valence-corrected chi connectivity index (χ3v) is 5.37. The summed E-state index contributed by atoms with van der Waals surface area (Å²) < 4.78 is 21.0. The van der Waals surface area contributed by atoms with Gasteiger partial charge >= 0.3 is 5.97 Å². The second-order valence-corrected chi connectivity index (χ2v) is 7.31. The number of benzene rings is 2. The summed E-state index contributed by atoms with van der Waals surface area (Å²) in [6.45, 7) is 2.66. The molecule has 2 heterocycles. The molecule has 30 heavy (non-hydrogen) atoms. The van der Waals surface area contributed by atoms with Gasteiger partial charge in [0.15, 0.2) is 11.5 Å². The van der Waals surface area contributed by atoms with Gasteiger partial charge in [0.2, 0.25) is 6.79 Å². The molecule has 8 heteroatoms. The average molecular weight is 425 g/mol. The van der Waals surface area contributed by atoms with Crippen molar-refractivity contribution in [3.63, 3.8) is 0 Å². The second-order valence-electron chi connectivity index (χ2n) is 6.28. The highest BCUT2D eigenvalue weighted by atomic mass is 32.2. The monoisotopic (exact) mass is 425 g/mol. The maximum Gasteiger partial charge on any atom is 0.344 e. The Kier molecular flexibility index (Phi) is 5.67. The van der Waals surface area contributed by atoms with Crippen molar-refractivity contribution in [3.05, 3.63) is 64.3 Å². The molecule has 154 valence electrons. The van der Waals surface area contributed by atoms with Crippen LogP contribution in [0.2, 0.25) is 0 Å². The van der Waals surface area contributed by atoms with Crippen molar-refractivity contribution in [1.29, 1.82) is 0 Å². The third-order valence-electron chi connectivity index (χ3n) is 4.35. The Hall–Kier alpha value is -3.39. The molecular formula is C22H19NO6S. The van der Waals surface area contributed by atoms with E-state index >= 15 is 0 Å². The summed E-state index contributed by atoms with van der Waals surface area (Å²) in [5, 5.41) is 11.1. The molecule has 4 rings (SSSR count). The molecule has 0 fully saturated rings. The first-order chi connectivity index (χ1) is 14.6. The van der Waals surface area contributed by atoms with Crippen molar-refractivity contribution in [3.8, 4) is 17.2 Å². The zero-order valence-electron chi connectivity index (χ0n) is 16.4. The minimum atomic E-state index is -0.654. The van der Waals surface area contributed by atoms with Gasteiger partial charge in [0.1, 0.15) is 22.1 Å². The van der Waals surface area contributed by atoms with Crippen molar-refractivity contribution >= 4 is 34.5 Å². The summed E-state index contributed by atoms with van der Waals surface area (Å²) in [5.74, 6) is 1.21. The van der Waals surface area contributed by atoms with Crippen LogP contribution < -0.4 is 14.2 Å². The number of aliphatic hydroxyl groups is 1. The zero-order valence-corrected chi connectivity index (χ0v) is 17.2. The lowest BCUT2D eigenvalue weighted by molar-refractivity contribution is -0.135. The molecule has 0 bridgehead atoms. The zero-order chi connectivity index (χ0) is 21.1. The fourth-order valence-electron chi connectivity index (χ4n) is 2.95. The Bertz CT molecular complexity index is 1070. The first-order valence-electron chi connectivity index (χ1n) is 9.22. The van der Waals surface area contributed by atoms with E-state index in [4.69, 9.17) is 18.9 Å². The smallest absolute Gasteiger partial charge is 0.344 e. The molecule has 0 unspecified atom stereocenters. The molecule has 2 aromatic carbocycles. The van der Waals surface area contributed by atoms with Crippen molar-refractivity contribution in [2.24, 2.45) is 4.99 Å². The second kappa shape index (κ2) is 8.54. The van der Waals surface area contributed by atoms with Gasteiger partial charge in [-0.1, -0.05) is 17.8 Å². The molecule has 0 radical (unpaired) electrons. The number of aliphatic hydroxyl groups excluding tert-OH is 1. The highest BCUT2D eigenvalue weighted by Gasteiger charge is 2.33. The largest absolute Gasteiger partial charge is 0.506 e. The Morgan fingerprint density at radius 1 is 1.20 bits per heavy atom. The first kappa shape index (κ1) is 19.9. The summed E-state index contributed by atoms with van der Waals surface area (Å²) in [6.07, 6.45) is 1.76. The van der Waals surface area contributed by atoms with Crippen LogP contribution in [0, 0.1) is 0 Å². The number of nitrogens with zero attached hydrogens (tertiary/aromatic N) is 1. The van der Waals surface area contributed by atoms with E-state index in [9.17, 15) is 9.90 Å². The van der Waals surface area contributed by atoms with Crippen molar-refractivity contribution in [2.45, 2.75) is 6.92 Å². The number of aliphatic imine (C=N–C) groups is 1. The minimum absolute atomic E-state index is 0.0309. The van der Waals surface area contributed by atoms with Crippen LogP contribution in [-0.4, -0.2) is 36.6 Å². The molecule has 2 aliphatic heterocycles. The fourth-order valence-corrected chi connectivity index (χ4v) is 3.98. The van der Waals surface area contributed by atoms with E-state index in [-0.39, 0.29) is 18.1 Å². The van der Waals surface area contributed by atoms with Gasteiger partial charge in [-0.2, -0.15) is 0 Å². The molecular weight excluding hydrogens is 406 g/mol. The number of fused-ring (bicyclic) bond motifs is 1. The average Bonchev–Trinajstić information content (AvgIpc) is 3.33.